The van der Waals surface area contributed by atoms with Crippen molar-refractivity contribution in [3.8, 4) is 0 Å². The number of furan rings is 1. The van der Waals surface area contributed by atoms with Crippen LogP contribution in [0.1, 0.15) is 81.2 Å². The molecule has 0 aromatic carbocycles. The minimum atomic E-state index is -0.502. The van der Waals surface area contributed by atoms with Gasteiger partial charge < -0.3 is 19.5 Å². The molecule has 30 heavy (non-hydrogen) atoms. The van der Waals surface area contributed by atoms with Crippen molar-refractivity contribution >= 4 is 17.7 Å². The smallest absolute Gasteiger partial charge is 0.312 e. The number of rotatable bonds is 2. The molecule has 1 aliphatic carbocycles. The zero-order chi connectivity index (χ0) is 21.2. The first-order valence-corrected chi connectivity index (χ1v) is 11.6. The van der Waals surface area contributed by atoms with Crippen LogP contribution in [0.3, 0.4) is 0 Å². The molecule has 0 unspecified atom stereocenters. The monoisotopic (exact) mass is 417 g/mol. The van der Waals surface area contributed by atoms with Crippen LogP contribution in [-0.2, 0) is 9.59 Å². The van der Waals surface area contributed by atoms with Crippen molar-refractivity contribution in [3.05, 3.63) is 24.2 Å². The van der Waals surface area contributed by atoms with Gasteiger partial charge in [-0.2, -0.15) is 0 Å². The van der Waals surface area contributed by atoms with E-state index in [2.05, 4.69) is 5.32 Å². The Morgan fingerprint density at radius 3 is 1.87 bits per heavy atom. The average Bonchev–Trinajstić information content (AvgIpc) is 3.29. The molecule has 1 saturated carbocycles. The van der Waals surface area contributed by atoms with Crippen molar-refractivity contribution in [2.24, 2.45) is 0 Å². The van der Waals surface area contributed by atoms with Gasteiger partial charge in [0, 0.05) is 32.2 Å². The summed E-state index contributed by atoms with van der Waals surface area (Å²) in [5.41, 5.74) is 0. The molecule has 2 aliphatic rings. The van der Waals surface area contributed by atoms with E-state index in [1.807, 2.05) is 0 Å². The fraction of sp³-hybridized carbons (Fsp3) is 0.696. The van der Waals surface area contributed by atoms with E-state index in [1.165, 1.54) is 51.2 Å². The van der Waals surface area contributed by atoms with Crippen LogP contribution in [0.25, 0.3) is 0 Å². The number of carbonyl (C=O) groups excluding carboxylic acids is 3. The summed E-state index contributed by atoms with van der Waals surface area (Å²) in [4.78, 5) is 40.8. The van der Waals surface area contributed by atoms with Gasteiger partial charge in [0.15, 0.2) is 5.76 Å². The van der Waals surface area contributed by atoms with Gasteiger partial charge in [0.1, 0.15) is 0 Å². The lowest BCUT2D eigenvalue weighted by Gasteiger charge is -2.34. The molecule has 0 bridgehead atoms. The molecule has 1 N–H and O–H groups in total. The molecule has 0 radical (unpaired) electrons. The molecule has 0 atom stereocenters. The number of nitrogens with one attached hydrogen (secondary N) is 1. The Hall–Kier alpha value is -2.31. The lowest BCUT2D eigenvalue weighted by Crippen LogP contribution is -2.54. The zero-order valence-corrected chi connectivity index (χ0v) is 17.9. The summed E-state index contributed by atoms with van der Waals surface area (Å²) in [7, 11) is 0. The van der Waals surface area contributed by atoms with Gasteiger partial charge in [-0.15, -0.1) is 0 Å². The van der Waals surface area contributed by atoms with E-state index in [9.17, 15) is 14.4 Å². The van der Waals surface area contributed by atoms with Crippen LogP contribution < -0.4 is 5.32 Å². The van der Waals surface area contributed by atoms with E-state index in [4.69, 9.17) is 4.42 Å². The van der Waals surface area contributed by atoms with Crippen LogP contribution in [-0.4, -0.2) is 59.7 Å². The summed E-state index contributed by atoms with van der Waals surface area (Å²) in [6, 6.07) is 3.40. The number of hydrogen-bond acceptors (Lipinski definition) is 4. The lowest BCUT2D eigenvalue weighted by molar-refractivity contribution is -0.147. The molecule has 2 fully saturated rings. The van der Waals surface area contributed by atoms with Gasteiger partial charge in [0.05, 0.1) is 6.26 Å². The van der Waals surface area contributed by atoms with E-state index in [-0.39, 0.29) is 11.9 Å². The first-order valence-electron chi connectivity index (χ1n) is 11.6. The SMILES string of the molecule is O=C(NC1CCCCCCCCCCC1)C(=O)N1CCN(C(=O)c2ccco2)CC1. The highest BCUT2D eigenvalue weighted by atomic mass is 16.3. The van der Waals surface area contributed by atoms with E-state index in [0.29, 0.717) is 31.9 Å². The van der Waals surface area contributed by atoms with Crippen LogP contribution in [0.2, 0.25) is 0 Å². The first-order chi connectivity index (χ1) is 14.6. The van der Waals surface area contributed by atoms with Gasteiger partial charge >= 0.3 is 11.8 Å². The third kappa shape index (κ3) is 6.61. The van der Waals surface area contributed by atoms with Gasteiger partial charge in [0.25, 0.3) is 5.91 Å². The Bertz CT molecular complexity index is 669. The number of hydrogen-bond donors (Lipinski definition) is 1. The van der Waals surface area contributed by atoms with Crippen LogP contribution in [0, 0.1) is 0 Å². The first kappa shape index (κ1) is 22.4. The molecule has 2 heterocycles. The molecule has 0 spiro atoms. The Balaban J connectivity index is 1.45. The highest BCUT2D eigenvalue weighted by Gasteiger charge is 2.29. The summed E-state index contributed by atoms with van der Waals surface area (Å²) < 4.78 is 5.16. The van der Waals surface area contributed by atoms with Gasteiger partial charge in [-0.3, -0.25) is 14.4 Å². The molecule has 3 rings (SSSR count). The van der Waals surface area contributed by atoms with Crippen molar-refractivity contribution < 1.29 is 18.8 Å². The molecule has 3 amide bonds. The Morgan fingerprint density at radius 1 is 0.800 bits per heavy atom. The summed E-state index contributed by atoms with van der Waals surface area (Å²) in [5, 5.41) is 3.00. The quantitative estimate of drug-likeness (QED) is 0.748. The highest BCUT2D eigenvalue weighted by molar-refractivity contribution is 6.35. The van der Waals surface area contributed by atoms with E-state index < -0.39 is 11.8 Å². The number of nitrogens with zero attached hydrogens (tertiary/aromatic N) is 2. The van der Waals surface area contributed by atoms with Crippen LogP contribution in [0.5, 0.6) is 0 Å². The zero-order valence-electron chi connectivity index (χ0n) is 17.9. The van der Waals surface area contributed by atoms with Crippen molar-refractivity contribution in [2.45, 2.75) is 76.7 Å². The summed E-state index contributed by atoms with van der Waals surface area (Å²) >= 11 is 0. The molecule has 166 valence electrons. The summed E-state index contributed by atoms with van der Waals surface area (Å²) in [5.74, 6) is -0.857. The highest BCUT2D eigenvalue weighted by Crippen LogP contribution is 2.17. The maximum Gasteiger partial charge on any atom is 0.312 e. The van der Waals surface area contributed by atoms with Gasteiger partial charge in [-0.25, -0.2) is 0 Å². The van der Waals surface area contributed by atoms with Crippen LogP contribution in [0.4, 0.5) is 0 Å². The van der Waals surface area contributed by atoms with Gasteiger partial charge in [-0.1, -0.05) is 57.8 Å². The van der Waals surface area contributed by atoms with Crippen molar-refractivity contribution in [1.82, 2.24) is 15.1 Å². The predicted molar refractivity (Wildman–Crippen MR) is 114 cm³/mol. The lowest BCUT2D eigenvalue weighted by atomic mass is 9.98. The summed E-state index contributed by atoms with van der Waals surface area (Å²) in [6.07, 6.45) is 14.5. The molecule has 1 saturated heterocycles. The minimum absolute atomic E-state index is 0.0858. The molecule has 7 heteroatoms. The van der Waals surface area contributed by atoms with Crippen molar-refractivity contribution in [3.63, 3.8) is 0 Å². The Morgan fingerprint density at radius 2 is 1.33 bits per heavy atom. The average molecular weight is 418 g/mol. The molecule has 7 nitrogen and oxygen atoms in total. The van der Waals surface area contributed by atoms with Crippen molar-refractivity contribution in [1.29, 1.82) is 0 Å². The fourth-order valence-corrected chi connectivity index (χ4v) is 4.37. The van der Waals surface area contributed by atoms with E-state index in [0.717, 1.165) is 25.7 Å². The largest absolute Gasteiger partial charge is 0.459 e. The predicted octanol–water partition coefficient (Wildman–Crippen LogP) is 3.35. The number of piperazine rings is 1. The molecule has 1 aliphatic heterocycles. The van der Waals surface area contributed by atoms with Crippen LogP contribution >= 0.6 is 0 Å². The third-order valence-electron chi connectivity index (χ3n) is 6.22. The minimum Gasteiger partial charge on any atom is -0.459 e. The van der Waals surface area contributed by atoms with Crippen molar-refractivity contribution in [2.75, 3.05) is 26.2 Å². The topological polar surface area (TPSA) is 82.9 Å². The maximum atomic E-state index is 12.6. The van der Waals surface area contributed by atoms with Gasteiger partial charge in [0.2, 0.25) is 0 Å². The fourth-order valence-electron chi connectivity index (χ4n) is 4.37. The number of amides is 3. The molecular weight excluding hydrogens is 382 g/mol. The second kappa shape index (κ2) is 11.8. The van der Waals surface area contributed by atoms with E-state index in [1.54, 1.807) is 21.9 Å². The molecular formula is C23H35N3O4. The molecule has 1 aromatic rings. The Labute approximate surface area is 179 Å². The van der Waals surface area contributed by atoms with Gasteiger partial charge in [-0.05, 0) is 25.0 Å². The maximum absolute atomic E-state index is 12.6. The Kier molecular flexibility index (Phi) is 8.78. The number of carbonyl (C=O) groups is 3. The standard InChI is InChI=1S/C23H35N3O4/c27-21(24-19-11-8-6-4-2-1-3-5-7-9-12-19)23(29)26-16-14-25(15-17-26)22(28)20-13-10-18-30-20/h10,13,18-19H,1-9,11-12,14-17H2,(H,24,27). The summed E-state index contributed by atoms with van der Waals surface area (Å²) in [6.45, 7) is 1.54. The van der Waals surface area contributed by atoms with E-state index >= 15 is 0 Å². The second-order valence-electron chi connectivity index (χ2n) is 8.49. The second-order valence-corrected chi connectivity index (χ2v) is 8.49. The third-order valence-corrected chi connectivity index (χ3v) is 6.22. The molecule has 1 aromatic heterocycles. The van der Waals surface area contributed by atoms with Crippen LogP contribution in [0.15, 0.2) is 22.8 Å². The normalized spacial score (nSPS) is 20.1.